The zero-order chi connectivity index (χ0) is 23.0. The molecule has 1 aromatic carbocycles. The summed E-state index contributed by atoms with van der Waals surface area (Å²) in [6.45, 7) is 2.15. The number of nitrogens with zero attached hydrogens (tertiary/aromatic N) is 5. The molecule has 3 aromatic rings. The van der Waals surface area contributed by atoms with Crippen LogP contribution in [0.4, 0.5) is 19.0 Å². The second kappa shape index (κ2) is 8.74. The normalized spacial score (nSPS) is 18.9. The third-order valence-corrected chi connectivity index (χ3v) is 6.59. The van der Waals surface area contributed by atoms with Crippen molar-refractivity contribution in [2.24, 2.45) is 5.92 Å². The molecule has 1 saturated carbocycles. The number of hydrogen-bond acceptors (Lipinski definition) is 5. The molecule has 33 heavy (non-hydrogen) atoms. The van der Waals surface area contributed by atoms with Crippen LogP contribution in [0.2, 0.25) is 0 Å². The van der Waals surface area contributed by atoms with Gasteiger partial charge in [-0.25, -0.2) is 13.2 Å². The van der Waals surface area contributed by atoms with E-state index in [0.29, 0.717) is 24.4 Å². The standard InChI is InChI=1S/C23H25F3N6O/c24-7-8-31-9-10-32-20(14-31)18(13-27-32)16-1-2-19-17(11-16)12-21(30-29-19)28-22(33)15-3-5-23(25,26)6-4-15/h1-2,11-13,15H,3-10,14H2,(H,28,30,33). The molecule has 1 fully saturated rings. The zero-order valence-corrected chi connectivity index (χ0v) is 18.1. The first-order valence-corrected chi connectivity index (χ1v) is 11.2. The topological polar surface area (TPSA) is 75.9 Å². The van der Waals surface area contributed by atoms with Gasteiger partial charge in [0.15, 0.2) is 5.82 Å². The van der Waals surface area contributed by atoms with Gasteiger partial charge in [-0.15, -0.1) is 10.2 Å². The van der Waals surface area contributed by atoms with E-state index in [0.717, 1.165) is 35.3 Å². The van der Waals surface area contributed by atoms with Gasteiger partial charge >= 0.3 is 0 Å². The highest BCUT2D eigenvalue weighted by Gasteiger charge is 2.37. The summed E-state index contributed by atoms with van der Waals surface area (Å²) in [5.74, 6) is -3.12. The molecular formula is C23H25F3N6O. The smallest absolute Gasteiger partial charge is 0.248 e. The lowest BCUT2D eigenvalue weighted by atomic mass is 9.86. The Kier molecular flexibility index (Phi) is 5.77. The Hall–Kier alpha value is -3.01. The highest BCUT2D eigenvalue weighted by molar-refractivity contribution is 5.94. The summed E-state index contributed by atoms with van der Waals surface area (Å²) in [7, 11) is 0. The summed E-state index contributed by atoms with van der Waals surface area (Å²) in [5.41, 5.74) is 3.64. The minimum absolute atomic E-state index is 0.163. The Bertz CT molecular complexity index is 1170. The van der Waals surface area contributed by atoms with Crippen molar-refractivity contribution in [3.63, 3.8) is 0 Å². The number of anilines is 1. The maximum atomic E-state index is 13.4. The van der Waals surface area contributed by atoms with Crippen molar-refractivity contribution in [2.45, 2.75) is 44.7 Å². The molecule has 174 valence electrons. The molecule has 1 amide bonds. The molecule has 0 radical (unpaired) electrons. The van der Waals surface area contributed by atoms with Crippen LogP contribution in [0.1, 0.15) is 31.4 Å². The zero-order valence-electron chi connectivity index (χ0n) is 18.1. The molecule has 10 heteroatoms. The second-order valence-electron chi connectivity index (χ2n) is 8.82. The Morgan fingerprint density at radius 3 is 2.76 bits per heavy atom. The van der Waals surface area contributed by atoms with Gasteiger partial charge in [-0.1, -0.05) is 6.07 Å². The van der Waals surface area contributed by atoms with Crippen LogP contribution < -0.4 is 5.32 Å². The number of carbonyl (C=O) groups excluding carboxylic acids is 1. The number of carbonyl (C=O) groups is 1. The van der Waals surface area contributed by atoms with E-state index >= 15 is 0 Å². The largest absolute Gasteiger partial charge is 0.309 e. The van der Waals surface area contributed by atoms with Crippen molar-refractivity contribution in [1.29, 1.82) is 0 Å². The van der Waals surface area contributed by atoms with Crippen LogP contribution in [0.5, 0.6) is 0 Å². The second-order valence-corrected chi connectivity index (χ2v) is 8.82. The van der Waals surface area contributed by atoms with Crippen molar-refractivity contribution in [2.75, 3.05) is 25.1 Å². The average molecular weight is 458 g/mol. The molecular weight excluding hydrogens is 433 g/mol. The molecule has 2 aromatic heterocycles. The van der Waals surface area contributed by atoms with Crippen LogP contribution in [0.25, 0.3) is 22.0 Å². The summed E-state index contributed by atoms with van der Waals surface area (Å²) in [4.78, 5) is 14.6. The molecule has 1 aliphatic carbocycles. The van der Waals surface area contributed by atoms with Crippen LogP contribution in [-0.4, -0.2) is 56.5 Å². The van der Waals surface area contributed by atoms with Crippen molar-refractivity contribution in [3.8, 4) is 11.1 Å². The lowest BCUT2D eigenvalue weighted by molar-refractivity contribution is -0.124. The van der Waals surface area contributed by atoms with Crippen molar-refractivity contribution >= 4 is 22.6 Å². The van der Waals surface area contributed by atoms with Gasteiger partial charge in [-0.3, -0.25) is 14.4 Å². The SMILES string of the molecule is O=C(Nc1cc2cc(-c3cnn4c3CN(CCF)CC4)ccc2nn1)C1CCC(F)(F)CC1. The van der Waals surface area contributed by atoms with E-state index in [-0.39, 0.29) is 38.3 Å². The molecule has 0 saturated heterocycles. The maximum absolute atomic E-state index is 13.4. The molecule has 0 bridgehead atoms. The molecule has 0 spiro atoms. The number of aromatic nitrogens is 4. The first-order chi connectivity index (χ1) is 15.9. The van der Waals surface area contributed by atoms with E-state index in [1.165, 1.54) is 0 Å². The maximum Gasteiger partial charge on any atom is 0.248 e. The van der Waals surface area contributed by atoms with Gasteiger partial charge in [-0.05, 0) is 36.6 Å². The summed E-state index contributed by atoms with van der Waals surface area (Å²) < 4.78 is 41.5. The number of hydrogen-bond donors (Lipinski definition) is 1. The highest BCUT2D eigenvalue weighted by Crippen LogP contribution is 2.36. The molecule has 0 unspecified atom stereocenters. The van der Waals surface area contributed by atoms with E-state index in [4.69, 9.17) is 0 Å². The Morgan fingerprint density at radius 2 is 1.97 bits per heavy atom. The summed E-state index contributed by atoms with van der Waals surface area (Å²) in [6, 6.07) is 7.52. The van der Waals surface area contributed by atoms with Crippen LogP contribution in [0.15, 0.2) is 30.5 Å². The number of fused-ring (bicyclic) bond motifs is 2. The fourth-order valence-corrected chi connectivity index (χ4v) is 4.65. The first kappa shape index (κ1) is 21.8. The first-order valence-electron chi connectivity index (χ1n) is 11.2. The van der Waals surface area contributed by atoms with Crippen molar-refractivity contribution in [3.05, 3.63) is 36.2 Å². The lowest BCUT2D eigenvalue weighted by Gasteiger charge is -2.27. The van der Waals surface area contributed by atoms with E-state index in [1.54, 1.807) is 6.07 Å². The van der Waals surface area contributed by atoms with Gasteiger partial charge in [0.05, 0.1) is 24.0 Å². The van der Waals surface area contributed by atoms with Crippen molar-refractivity contribution in [1.82, 2.24) is 24.9 Å². The van der Waals surface area contributed by atoms with E-state index in [2.05, 4.69) is 25.5 Å². The van der Waals surface area contributed by atoms with Gasteiger partial charge in [-0.2, -0.15) is 5.10 Å². The van der Waals surface area contributed by atoms with E-state index in [1.807, 2.05) is 29.1 Å². The molecule has 5 rings (SSSR count). The van der Waals surface area contributed by atoms with Crippen LogP contribution in [0, 0.1) is 5.92 Å². The fraction of sp³-hybridized carbons (Fsp3) is 0.478. The number of halogens is 3. The third kappa shape index (κ3) is 4.57. The third-order valence-electron chi connectivity index (χ3n) is 6.59. The number of amides is 1. The highest BCUT2D eigenvalue weighted by atomic mass is 19.3. The Morgan fingerprint density at radius 1 is 1.15 bits per heavy atom. The average Bonchev–Trinajstić information content (AvgIpc) is 3.22. The Labute approximate surface area is 189 Å². The fourth-order valence-electron chi connectivity index (χ4n) is 4.65. The summed E-state index contributed by atoms with van der Waals surface area (Å²) in [6.07, 6.45) is 1.62. The van der Waals surface area contributed by atoms with Crippen molar-refractivity contribution < 1.29 is 18.0 Å². The number of alkyl halides is 3. The molecule has 2 aliphatic rings. The van der Waals surface area contributed by atoms with Gasteiger partial charge in [0.1, 0.15) is 6.67 Å². The predicted molar refractivity (Wildman–Crippen MR) is 118 cm³/mol. The monoisotopic (exact) mass is 458 g/mol. The van der Waals surface area contributed by atoms with Gasteiger partial charge in [0, 0.05) is 49.3 Å². The van der Waals surface area contributed by atoms with Gasteiger partial charge in [0.25, 0.3) is 0 Å². The number of nitrogens with one attached hydrogen (secondary N) is 1. The van der Waals surface area contributed by atoms with Crippen LogP contribution in [-0.2, 0) is 17.9 Å². The quantitative estimate of drug-likeness (QED) is 0.625. The molecule has 3 heterocycles. The minimum Gasteiger partial charge on any atom is -0.309 e. The molecule has 1 N–H and O–H groups in total. The number of benzene rings is 1. The van der Waals surface area contributed by atoms with E-state index in [9.17, 15) is 18.0 Å². The minimum atomic E-state index is -2.67. The molecule has 7 nitrogen and oxygen atoms in total. The molecule has 0 atom stereocenters. The van der Waals surface area contributed by atoms with Gasteiger partial charge in [0.2, 0.25) is 11.8 Å². The Balaban J connectivity index is 1.36. The van der Waals surface area contributed by atoms with Crippen LogP contribution >= 0.6 is 0 Å². The van der Waals surface area contributed by atoms with E-state index < -0.39 is 11.8 Å². The van der Waals surface area contributed by atoms with Gasteiger partial charge < -0.3 is 5.32 Å². The lowest BCUT2D eigenvalue weighted by Crippen LogP contribution is -2.35. The molecule has 1 aliphatic heterocycles. The van der Waals surface area contributed by atoms with Crippen LogP contribution in [0.3, 0.4) is 0 Å². The predicted octanol–water partition coefficient (Wildman–Crippen LogP) is 4.04. The summed E-state index contributed by atoms with van der Waals surface area (Å²) in [5, 5.41) is 16.3. The number of rotatable bonds is 5. The summed E-state index contributed by atoms with van der Waals surface area (Å²) >= 11 is 0.